The maximum Gasteiger partial charge on any atom is 0.239 e. The van der Waals surface area contributed by atoms with Crippen LogP contribution >= 0.6 is 0 Å². The van der Waals surface area contributed by atoms with Crippen LogP contribution in [0.25, 0.3) is 0 Å². The molecule has 0 bridgehead atoms. The zero-order chi connectivity index (χ0) is 10.8. The molecule has 1 N–H and O–H groups in total. The molecule has 0 saturated carbocycles. The van der Waals surface area contributed by atoms with Crippen LogP contribution in [0.5, 0.6) is 0 Å². The highest BCUT2D eigenvalue weighted by molar-refractivity contribution is 5.82. The van der Waals surface area contributed by atoms with E-state index in [1.54, 1.807) is 0 Å². The van der Waals surface area contributed by atoms with E-state index in [0.29, 0.717) is 17.9 Å². The zero-order valence-electron chi connectivity index (χ0n) is 9.83. The van der Waals surface area contributed by atoms with Gasteiger partial charge in [-0.15, -0.1) is 0 Å². The minimum Gasteiger partial charge on any atom is -0.338 e. The Bertz CT molecular complexity index is 236. The molecular formula is C12H22N2O. The fourth-order valence-electron chi connectivity index (χ4n) is 2.74. The molecule has 2 heterocycles. The van der Waals surface area contributed by atoms with Crippen molar-refractivity contribution in [3.63, 3.8) is 0 Å². The lowest BCUT2D eigenvalue weighted by molar-refractivity contribution is -0.137. The second kappa shape index (κ2) is 4.52. The number of amides is 1. The lowest BCUT2D eigenvalue weighted by Gasteiger charge is -2.39. The van der Waals surface area contributed by atoms with Gasteiger partial charge in [0.15, 0.2) is 0 Å². The molecule has 3 atom stereocenters. The van der Waals surface area contributed by atoms with Crippen molar-refractivity contribution < 1.29 is 4.79 Å². The van der Waals surface area contributed by atoms with Crippen LogP contribution in [-0.2, 0) is 4.79 Å². The van der Waals surface area contributed by atoms with Gasteiger partial charge in [0.1, 0.15) is 0 Å². The van der Waals surface area contributed by atoms with E-state index in [1.165, 1.54) is 12.8 Å². The molecule has 3 nitrogen and oxygen atoms in total. The monoisotopic (exact) mass is 210 g/mol. The Morgan fingerprint density at radius 2 is 2.07 bits per heavy atom. The number of likely N-dealkylation sites (tertiary alicyclic amines) is 1. The molecule has 15 heavy (non-hydrogen) atoms. The van der Waals surface area contributed by atoms with Gasteiger partial charge in [-0.2, -0.15) is 0 Å². The number of piperidine rings is 1. The molecule has 86 valence electrons. The van der Waals surface area contributed by atoms with Crippen LogP contribution in [0.1, 0.15) is 39.5 Å². The van der Waals surface area contributed by atoms with Gasteiger partial charge in [0.25, 0.3) is 0 Å². The Hall–Kier alpha value is -0.570. The van der Waals surface area contributed by atoms with Crippen molar-refractivity contribution in [2.75, 3.05) is 13.1 Å². The van der Waals surface area contributed by atoms with E-state index in [-0.39, 0.29) is 6.04 Å². The second-order valence-corrected chi connectivity index (χ2v) is 5.04. The second-order valence-electron chi connectivity index (χ2n) is 5.04. The number of rotatable bonds is 1. The molecule has 3 heteroatoms. The summed E-state index contributed by atoms with van der Waals surface area (Å²) >= 11 is 0. The van der Waals surface area contributed by atoms with E-state index in [1.807, 2.05) is 0 Å². The minimum atomic E-state index is 0.109. The van der Waals surface area contributed by atoms with Crippen molar-refractivity contribution in [3.8, 4) is 0 Å². The van der Waals surface area contributed by atoms with Gasteiger partial charge in [-0.25, -0.2) is 0 Å². The number of hydrogen-bond acceptors (Lipinski definition) is 2. The van der Waals surface area contributed by atoms with Crippen LogP contribution in [0, 0.1) is 5.92 Å². The van der Waals surface area contributed by atoms with E-state index < -0.39 is 0 Å². The average molecular weight is 210 g/mol. The third-order valence-electron chi connectivity index (χ3n) is 4.02. The smallest absolute Gasteiger partial charge is 0.239 e. The average Bonchev–Trinajstić information content (AvgIpc) is 2.74. The van der Waals surface area contributed by atoms with Crippen molar-refractivity contribution in [2.24, 2.45) is 5.92 Å². The summed E-state index contributed by atoms with van der Waals surface area (Å²) in [4.78, 5) is 14.3. The Labute approximate surface area is 92.2 Å². The number of nitrogens with one attached hydrogen (secondary N) is 1. The summed E-state index contributed by atoms with van der Waals surface area (Å²) in [6.45, 7) is 6.42. The molecule has 2 aliphatic rings. The molecule has 2 aliphatic heterocycles. The number of carbonyl (C=O) groups is 1. The fourth-order valence-corrected chi connectivity index (χ4v) is 2.74. The Morgan fingerprint density at radius 1 is 1.27 bits per heavy atom. The Balaban J connectivity index is 1.98. The molecule has 2 unspecified atom stereocenters. The lowest BCUT2D eigenvalue weighted by Crippen LogP contribution is -2.51. The predicted octanol–water partition coefficient (Wildman–Crippen LogP) is 1.39. The van der Waals surface area contributed by atoms with Gasteiger partial charge in [0.05, 0.1) is 6.04 Å². The van der Waals surface area contributed by atoms with Crippen LogP contribution in [0.4, 0.5) is 0 Å². The first-order valence-corrected chi connectivity index (χ1v) is 6.24. The van der Waals surface area contributed by atoms with Crippen molar-refractivity contribution in [1.82, 2.24) is 10.2 Å². The quantitative estimate of drug-likeness (QED) is 0.709. The molecule has 2 rings (SSSR count). The molecule has 2 saturated heterocycles. The lowest BCUT2D eigenvalue weighted by atomic mass is 9.91. The summed E-state index contributed by atoms with van der Waals surface area (Å²) < 4.78 is 0. The van der Waals surface area contributed by atoms with Crippen molar-refractivity contribution in [2.45, 2.75) is 51.6 Å². The minimum absolute atomic E-state index is 0.109. The molecule has 0 aliphatic carbocycles. The van der Waals surface area contributed by atoms with Gasteiger partial charge in [-0.3, -0.25) is 4.79 Å². The Morgan fingerprint density at radius 3 is 2.73 bits per heavy atom. The molecule has 0 aromatic carbocycles. The first-order chi connectivity index (χ1) is 7.20. The highest BCUT2D eigenvalue weighted by Gasteiger charge is 2.33. The van der Waals surface area contributed by atoms with Gasteiger partial charge in [0, 0.05) is 12.6 Å². The number of carbonyl (C=O) groups excluding carboxylic acids is 1. The third-order valence-corrected chi connectivity index (χ3v) is 4.02. The molecule has 1 amide bonds. The first kappa shape index (κ1) is 10.9. The molecule has 2 fully saturated rings. The van der Waals surface area contributed by atoms with Gasteiger partial charge in [-0.1, -0.05) is 6.92 Å². The summed E-state index contributed by atoms with van der Waals surface area (Å²) in [6.07, 6.45) is 4.61. The van der Waals surface area contributed by atoms with E-state index in [2.05, 4.69) is 24.1 Å². The van der Waals surface area contributed by atoms with Crippen molar-refractivity contribution in [1.29, 1.82) is 0 Å². The molecule has 0 aromatic heterocycles. The number of hydrogen-bond donors (Lipinski definition) is 1. The van der Waals surface area contributed by atoms with E-state index in [9.17, 15) is 4.79 Å². The van der Waals surface area contributed by atoms with Crippen LogP contribution in [0.2, 0.25) is 0 Å². The SMILES string of the molecule is CC1CCCN(C(=O)[C@H]2CCCN2)C1C. The molecule has 0 aromatic rings. The van der Waals surface area contributed by atoms with E-state index >= 15 is 0 Å². The third kappa shape index (κ3) is 2.17. The van der Waals surface area contributed by atoms with Crippen molar-refractivity contribution in [3.05, 3.63) is 0 Å². The largest absolute Gasteiger partial charge is 0.338 e. The van der Waals surface area contributed by atoms with Gasteiger partial charge in [-0.05, 0) is 45.1 Å². The summed E-state index contributed by atoms with van der Waals surface area (Å²) in [6, 6.07) is 0.534. The standard InChI is InChI=1S/C12H22N2O/c1-9-5-4-8-14(10(9)2)12(15)11-6-3-7-13-11/h9-11,13H,3-8H2,1-2H3/t9?,10?,11-/m1/s1. The maximum atomic E-state index is 12.2. The van der Waals surface area contributed by atoms with E-state index in [4.69, 9.17) is 0 Å². The van der Waals surface area contributed by atoms with Crippen molar-refractivity contribution >= 4 is 5.91 Å². The molecular weight excluding hydrogens is 188 g/mol. The van der Waals surface area contributed by atoms with E-state index in [0.717, 1.165) is 25.9 Å². The normalized spacial score (nSPS) is 36.9. The summed E-state index contributed by atoms with van der Waals surface area (Å²) in [5.41, 5.74) is 0. The van der Waals surface area contributed by atoms with Gasteiger partial charge >= 0.3 is 0 Å². The fraction of sp³-hybridized carbons (Fsp3) is 0.917. The highest BCUT2D eigenvalue weighted by Crippen LogP contribution is 2.24. The maximum absolute atomic E-state index is 12.2. The van der Waals surface area contributed by atoms with Crippen LogP contribution in [-0.4, -0.2) is 36.0 Å². The summed E-state index contributed by atoms with van der Waals surface area (Å²) in [5, 5.41) is 3.30. The molecule has 0 spiro atoms. The van der Waals surface area contributed by atoms with Gasteiger partial charge < -0.3 is 10.2 Å². The first-order valence-electron chi connectivity index (χ1n) is 6.24. The summed E-state index contributed by atoms with van der Waals surface area (Å²) in [5.74, 6) is 0.996. The number of nitrogens with zero attached hydrogens (tertiary/aromatic N) is 1. The van der Waals surface area contributed by atoms with Crippen LogP contribution < -0.4 is 5.32 Å². The summed E-state index contributed by atoms with van der Waals surface area (Å²) in [7, 11) is 0. The van der Waals surface area contributed by atoms with Crippen LogP contribution in [0.3, 0.4) is 0 Å². The zero-order valence-corrected chi connectivity index (χ0v) is 9.83. The highest BCUT2D eigenvalue weighted by atomic mass is 16.2. The Kier molecular flexibility index (Phi) is 3.29. The predicted molar refractivity (Wildman–Crippen MR) is 60.6 cm³/mol. The topological polar surface area (TPSA) is 32.3 Å². The molecule has 0 radical (unpaired) electrons. The van der Waals surface area contributed by atoms with Crippen LogP contribution in [0.15, 0.2) is 0 Å². The van der Waals surface area contributed by atoms with Gasteiger partial charge in [0.2, 0.25) is 5.91 Å².